The fourth-order valence-electron chi connectivity index (χ4n) is 0. The predicted octanol–water partition coefficient (Wildman–Crippen LogP) is 1.88. The van der Waals surface area contributed by atoms with E-state index in [9.17, 15) is 0 Å². The molecule has 0 spiro atoms. The normalized spacial score (nSPS) is 2.25. The van der Waals surface area contributed by atoms with Crippen LogP contribution in [0.4, 0.5) is 0 Å². The molecule has 0 saturated heterocycles. The third-order valence-corrected chi connectivity index (χ3v) is 0. The molecule has 0 aliphatic rings. The third kappa shape index (κ3) is 188. The van der Waals surface area contributed by atoms with Gasteiger partial charge in [0.2, 0.25) is 0 Å². The molecule has 0 N–H and O–H groups in total. The molecule has 0 bridgehead atoms. The summed E-state index contributed by atoms with van der Waals surface area (Å²) >= 11 is -1.75. The standard InChI is InChI=1S/Bi.6H2S.6S.3W/h;6*1H2;;;;;;;;;/p-6. The Labute approximate surface area is 206 Å². The van der Waals surface area contributed by atoms with E-state index in [4.69, 9.17) is 0 Å². The molecule has 3 radical (unpaired) electrons. The van der Waals surface area contributed by atoms with Crippen LogP contribution in [0.1, 0.15) is 0 Å². The van der Waals surface area contributed by atoms with Gasteiger partial charge in [0.15, 0.2) is 0 Å². The molecule has 0 atom stereocenters. The summed E-state index contributed by atoms with van der Waals surface area (Å²) in [5.41, 5.74) is 0. The molecule has 0 aliphatic heterocycles. The van der Waals surface area contributed by atoms with E-state index in [1.165, 1.54) is 0 Å². The van der Waals surface area contributed by atoms with Gasteiger partial charge in [-0.3, -0.25) is 0 Å². The molecular formula is H6BiS12W3-6. The van der Waals surface area contributed by atoms with Gasteiger partial charge in [-0.05, 0) is 0 Å². The first-order valence-corrected chi connectivity index (χ1v) is 24.6. The van der Waals surface area contributed by atoms with Crippen LogP contribution < -0.4 is 0 Å². The average molecular weight is 1150 g/mol. The molecule has 16 heteroatoms. The topological polar surface area (TPSA) is 0 Å². The van der Waals surface area contributed by atoms with Crippen LogP contribution in [0.15, 0.2) is 0 Å². The summed E-state index contributed by atoms with van der Waals surface area (Å²) in [6.45, 7) is 0. The molecule has 0 rings (SSSR count). The van der Waals surface area contributed by atoms with Crippen LogP contribution in [0.2, 0.25) is 0 Å². The predicted molar refractivity (Wildman–Crippen MR) is 104 cm³/mol. The first-order chi connectivity index (χ1) is 4.24. The Balaban J connectivity index is -0.00000000346. The van der Waals surface area contributed by atoms with E-state index in [2.05, 4.69) is 58.9 Å². The van der Waals surface area contributed by atoms with Crippen molar-refractivity contribution in [1.82, 2.24) is 0 Å². The van der Waals surface area contributed by atoms with Crippen molar-refractivity contribution in [2.24, 2.45) is 0 Å². The second-order valence-corrected chi connectivity index (χ2v) is 15.0. The molecule has 0 fully saturated rings. The Hall–Kier alpha value is 6.37. The van der Waals surface area contributed by atoms with Gasteiger partial charge in [-0.2, -0.15) is 0 Å². The molecule has 0 unspecified atom stereocenters. The van der Waals surface area contributed by atoms with Crippen LogP contribution in [0.3, 0.4) is 0 Å². The summed E-state index contributed by atoms with van der Waals surface area (Å²) in [5, 5.41) is 0. The molecule has 0 aromatic heterocycles. The van der Waals surface area contributed by atoms with Crippen LogP contribution in [0, 0.1) is 0 Å². The Morgan fingerprint density at radius 2 is 0.375 bits per heavy atom. The Morgan fingerprint density at radius 1 is 0.375 bits per heavy atom. The molecule has 0 amide bonds. The molecule has 0 aromatic carbocycles. The van der Waals surface area contributed by atoms with E-state index in [-0.39, 0.29) is 107 Å². The summed E-state index contributed by atoms with van der Waals surface area (Å²) in [5.74, 6) is 0. The van der Waals surface area contributed by atoms with Gasteiger partial charge in [0.1, 0.15) is 0 Å². The number of rotatable bonds is 0. The van der Waals surface area contributed by atoms with Gasteiger partial charge >= 0.3 is 104 Å². The van der Waals surface area contributed by atoms with E-state index < -0.39 is 44.8 Å². The zero-order chi connectivity index (χ0) is 8.12. The minimum atomic E-state index is -0.583. The van der Waals surface area contributed by atoms with Gasteiger partial charge in [-0.25, -0.2) is 0 Å². The molecular weight excluding hydrogens is 1150 g/mol. The summed E-state index contributed by atoms with van der Waals surface area (Å²) in [4.78, 5) is 0. The summed E-state index contributed by atoms with van der Waals surface area (Å²) in [6.07, 6.45) is 0. The maximum atomic E-state index is 4.38. The van der Waals surface area contributed by atoms with Gasteiger partial charge in [-0.15, -0.1) is 0 Å². The van der Waals surface area contributed by atoms with Gasteiger partial charge < -0.3 is 81.0 Å². The van der Waals surface area contributed by atoms with Gasteiger partial charge in [0, 0.05) is 26.2 Å². The van der Waals surface area contributed by atoms with Gasteiger partial charge in [-0.1, -0.05) is 0 Å². The minimum absolute atomic E-state index is 0. The summed E-state index contributed by atoms with van der Waals surface area (Å²) in [7, 11) is 26.2. The third-order valence-electron chi connectivity index (χ3n) is 0. The summed E-state index contributed by atoms with van der Waals surface area (Å²) < 4.78 is 0. The van der Waals surface area contributed by atoms with Crippen molar-refractivity contribution in [3.8, 4) is 0 Å². The van der Waals surface area contributed by atoms with Crippen molar-refractivity contribution < 1.29 is 44.8 Å². The van der Waals surface area contributed by atoms with E-state index in [1.807, 2.05) is 0 Å². The monoisotopic (exact) mass is 1150 g/mol. The van der Waals surface area contributed by atoms with Gasteiger partial charge in [0.25, 0.3) is 0 Å². The Kier molecular flexibility index (Phi) is 422. The molecule has 0 saturated carbocycles. The molecule has 107 valence electrons. The van der Waals surface area contributed by atoms with Crippen molar-refractivity contribution in [1.29, 1.82) is 0 Å². The fraction of sp³-hybridized carbons (Fsp3) is 0. The van der Waals surface area contributed by atoms with Crippen LogP contribution in [0.25, 0.3) is 0 Å². The molecule has 0 aliphatic carbocycles. The first-order valence-electron chi connectivity index (χ1n) is 1.00. The number of hydrogen-bond acceptors (Lipinski definition) is 12. The van der Waals surface area contributed by atoms with Gasteiger partial charge in [0.05, 0.1) is 0 Å². The molecule has 0 aromatic rings. The van der Waals surface area contributed by atoms with Crippen LogP contribution in [0.5, 0.6) is 0 Å². The van der Waals surface area contributed by atoms with E-state index in [1.54, 1.807) is 0 Å². The molecule has 0 nitrogen and oxygen atoms in total. The zero-order valence-corrected chi connectivity index (χ0v) is 29.3. The maximum absolute atomic E-state index is 4.38. The second-order valence-electron chi connectivity index (χ2n) is 0.204. The average Bonchev–Trinajstić information content (AvgIpc) is 1.70. The van der Waals surface area contributed by atoms with E-state index in [0.717, 1.165) is 0 Å². The second kappa shape index (κ2) is 101. The molecule has 0 heterocycles. The fourth-order valence-corrected chi connectivity index (χ4v) is 0. The number of thiol groups is 6. The van der Waals surface area contributed by atoms with Crippen molar-refractivity contribution in [3.05, 3.63) is 0 Å². The molecule has 16 heavy (non-hydrogen) atoms. The first kappa shape index (κ1) is 66.8. The van der Waals surface area contributed by atoms with Crippen molar-refractivity contribution in [3.63, 3.8) is 0 Å². The van der Waals surface area contributed by atoms with Crippen LogP contribution in [-0.2, 0) is 126 Å². The van der Waals surface area contributed by atoms with Crippen LogP contribution in [-0.4, -0.2) is 26.2 Å². The van der Waals surface area contributed by atoms with Crippen LogP contribution >= 0.6 is 58.9 Å². The van der Waals surface area contributed by atoms with Crippen molar-refractivity contribution in [2.45, 2.75) is 0 Å². The Bertz CT molecular complexity index is 108. The van der Waals surface area contributed by atoms with E-state index >= 15 is 0 Å². The summed E-state index contributed by atoms with van der Waals surface area (Å²) in [6, 6.07) is 0. The van der Waals surface area contributed by atoms with E-state index in [0.29, 0.717) is 0 Å². The Morgan fingerprint density at radius 3 is 0.375 bits per heavy atom. The quantitative estimate of drug-likeness (QED) is 0.198. The van der Waals surface area contributed by atoms with Crippen molar-refractivity contribution >= 4 is 166 Å². The van der Waals surface area contributed by atoms with Crippen molar-refractivity contribution in [2.75, 3.05) is 0 Å². The number of hydrogen-bond donors (Lipinski definition) is 0. The zero-order valence-electron chi connectivity index (χ0n) is 6.80. The SMILES string of the molecule is [Bi].[SH-].[SH-].[SH-].[SH-].[SH-].[SH-].[S]=[W]=[S].[S]=[W]=[S].[S]=[W]=[S].